The average Bonchev–Trinajstić information content (AvgIpc) is 2.93. The molecule has 122 valence electrons. The fourth-order valence-corrected chi connectivity index (χ4v) is 2.74. The van der Waals surface area contributed by atoms with Gasteiger partial charge >= 0.3 is 0 Å². The number of ether oxygens (including phenoxy) is 1. The highest BCUT2D eigenvalue weighted by molar-refractivity contribution is 5.91. The van der Waals surface area contributed by atoms with Crippen LogP contribution in [0.4, 0.5) is 5.69 Å². The van der Waals surface area contributed by atoms with E-state index in [9.17, 15) is 4.79 Å². The first-order chi connectivity index (χ1) is 11.6. The smallest absolute Gasteiger partial charge is 0.266 e. The first-order valence-electron chi connectivity index (χ1n) is 7.68. The van der Waals surface area contributed by atoms with Crippen molar-refractivity contribution >= 4 is 28.8 Å². The normalized spacial score (nSPS) is 10.6. The van der Waals surface area contributed by atoms with Gasteiger partial charge in [-0.25, -0.2) is 9.13 Å². The third-order valence-corrected chi connectivity index (χ3v) is 3.87. The molecule has 1 amide bonds. The monoisotopic (exact) mass is 322 g/mol. The van der Waals surface area contributed by atoms with Crippen molar-refractivity contribution in [3.05, 3.63) is 60.9 Å². The van der Waals surface area contributed by atoms with Crippen molar-refractivity contribution in [2.75, 3.05) is 12.4 Å². The van der Waals surface area contributed by atoms with Crippen LogP contribution in [-0.4, -0.2) is 17.6 Å². The van der Waals surface area contributed by atoms with Crippen molar-refractivity contribution in [2.24, 2.45) is 0 Å². The largest absolute Gasteiger partial charge is 0.495 e. The van der Waals surface area contributed by atoms with Crippen molar-refractivity contribution in [1.82, 2.24) is 4.57 Å². The number of rotatable bonds is 5. The van der Waals surface area contributed by atoms with E-state index in [0.29, 0.717) is 11.4 Å². The Balaban J connectivity index is 1.86. The Morgan fingerprint density at radius 1 is 1.33 bits per heavy atom. The maximum atomic E-state index is 12.5. The van der Waals surface area contributed by atoms with Gasteiger partial charge in [0, 0.05) is 0 Å². The summed E-state index contributed by atoms with van der Waals surface area (Å²) < 4.78 is 9.10. The summed E-state index contributed by atoms with van der Waals surface area (Å²) in [5.41, 5.74) is 3.72. The summed E-state index contributed by atoms with van der Waals surface area (Å²) in [4.78, 5) is 12.5. The molecule has 5 nitrogen and oxygen atoms in total. The molecule has 0 spiro atoms. The van der Waals surface area contributed by atoms with Crippen molar-refractivity contribution in [2.45, 2.75) is 13.5 Å². The lowest BCUT2D eigenvalue weighted by Gasteiger charge is -2.10. The van der Waals surface area contributed by atoms with Gasteiger partial charge < -0.3 is 10.1 Å². The zero-order chi connectivity index (χ0) is 17.1. The Morgan fingerprint density at radius 2 is 2.12 bits per heavy atom. The van der Waals surface area contributed by atoms with Crippen LogP contribution in [0.25, 0.3) is 17.2 Å². The quantitative estimate of drug-likeness (QED) is 0.734. The molecule has 3 aromatic rings. The lowest BCUT2D eigenvalue weighted by atomic mass is 10.2. The van der Waals surface area contributed by atoms with Gasteiger partial charge in [-0.1, -0.05) is 24.8 Å². The second-order valence-electron chi connectivity index (χ2n) is 5.57. The number of nitrogens with zero attached hydrogens (tertiary/aromatic N) is 2. The number of amides is 1. The van der Waals surface area contributed by atoms with Gasteiger partial charge in [-0.2, -0.15) is 0 Å². The molecule has 2 aromatic carbocycles. The van der Waals surface area contributed by atoms with Crippen LogP contribution in [0.15, 0.2) is 55.4 Å². The molecule has 0 saturated heterocycles. The number of aromatic nitrogens is 2. The van der Waals surface area contributed by atoms with Gasteiger partial charge in [-0.3, -0.25) is 4.79 Å². The Bertz CT molecular complexity index is 912. The molecular weight excluding hydrogens is 302 g/mol. The summed E-state index contributed by atoms with van der Waals surface area (Å²) in [7, 11) is 1.59. The molecule has 0 aliphatic heterocycles. The summed E-state index contributed by atoms with van der Waals surface area (Å²) in [6.07, 6.45) is 3.59. The third-order valence-electron chi connectivity index (χ3n) is 3.87. The Kier molecular flexibility index (Phi) is 4.33. The highest BCUT2D eigenvalue weighted by atomic mass is 16.5. The number of benzene rings is 2. The van der Waals surface area contributed by atoms with Crippen LogP contribution in [0.5, 0.6) is 5.75 Å². The molecule has 0 bridgehead atoms. The first-order valence-corrected chi connectivity index (χ1v) is 7.68. The van der Waals surface area contributed by atoms with Crippen LogP contribution in [0, 0.1) is 6.92 Å². The summed E-state index contributed by atoms with van der Waals surface area (Å²) in [5, 5.41) is 2.92. The molecule has 0 aliphatic rings. The van der Waals surface area contributed by atoms with Gasteiger partial charge in [-0.05, 0) is 36.8 Å². The number of methoxy groups -OCH3 is 1. The fourth-order valence-electron chi connectivity index (χ4n) is 2.74. The highest BCUT2D eigenvalue weighted by Crippen LogP contribution is 2.25. The molecule has 5 heteroatoms. The number of anilines is 1. The molecule has 1 heterocycles. The molecule has 0 atom stereocenters. The summed E-state index contributed by atoms with van der Waals surface area (Å²) >= 11 is 0. The zero-order valence-electron chi connectivity index (χ0n) is 13.8. The molecular formula is C19H20N3O2+. The predicted octanol–water partition coefficient (Wildman–Crippen LogP) is 2.99. The minimum atomic E-state index is -0.115. The highest BCUT2D eigenvalue weighted by Gasteiger charge is 2.17. The number of carbonyl (C=O) groups is 1. The number of aryl methyl sites for hydroxylation is 1. The van der Waals surface area contributed by atoms with Crippen LogP contribution in [0.2, 0.25) is 0 Å². The van der Waals surface area contributed by atoms with Crippen molar-refractivity contribution in [3.8, 4) is 5.75 Å². The first kappa shape index (κ1) is 15.8. The van der Waals surface area contributed by atoms with Crippen molar-refractivity contribution < 1.29 is 14.1 Å². The fraction of sp³-hybridized carbons (Fsp3) is 0.158. The van der Waals surface area contributed by atoms with Crippen LogP contribution < -0.4 is 14.6 Å². The number of carbonyl (C=O) groups excluding carboxylic acids is 1. The van der Waals surface area contributed by atoms with E-state index in [4.69, 9.17) is 4.74 Å². The molecule has 1 aromatic heterocycles. The van der Waals surface area contributed by atoms with Crippen LogP contribution in [0.1, 0.15) is 5.56 Å². The minimum Gasteiger partial charge on any atom is -0.495 e. The Hall–Kier alpha value is -3.08. The van der Waals surface area contributed by atoms with Crippen molar-refractivity contribution in [3.63, 3.8) is 0 Å². The van der Waals surface area contributed by atoms with Gasteiger partial charge in [-0.15, -0.1) is 0 Å². The summed E-state index contributed by atoms with van der Waals surface area (Å²) in [5.74, 6) is 0.531. The number of imidazole rings is 1. The molecule has 0 radical (unpaired) electrons. The van der Waals surface area contributed by atoms with E-state index in [1.165, 1.54) is 0 Å². The lowest BCUT2D eigenvalue weighted by Crippen LogP contribution is -2.39. The topological polar surface area (TPSA) is 47.1 Å². The molecule has 24 heavy (non-hydrogen) atoms. The van der Waals surface area contributed by atoms with Gasteiger partial charge in [0.1, 0.15) is 5.75 Å². The van der Waals surface area contributed by atoms with Gasteiger partial charge in [0.15, 0.2) is 17.6 Å². The molecule has 3 rings (SSSR count). The third kappa shape index (κ3) is 3.01. The van der Waals surface area contributed by atoms with E-state index in [-0.39, 0.29) is 12.5 Å². The average molecular weight is 322 g/mol. The SMILES string of the molecule is C=Cn1c[n+](CC(=O)Nc2cc(C)ccc2OC)c2ccccc21. The number of para-hydroxylation sites is 2. The Morgan fingerprint density at radius 3 is 2.88 bits per heavy atom. The van der Waals surface area contributed by atoms with Crippen LogP contribution in [-0.2, 0) is 11.3 Å². The predicted molar refractivity (Wildman–Crippen MR) is 94.9 cm³/mol. The summed E-state index contributed by atoms with van der Waals surface area (Å²) in [6.45, 7) is 5.99. The van der Waals surface area contributed by atoms with Crippen LogP contribution >= 0.6 is 0 Å². The summed E-state index contributed by atoms with van der Waals surface area (Å²) in [6, 6.07) is 13.6. The van der Waals surface area contributed by atoms with E-state index >= 15 is 0 Å². The van der Waals surface area contributed by atoms with E-state index in [1.807, 2.05) is 64.8 Å². The maximum Gasteiger partial charge on any atom is 0.266 e. The second kappa shape index (κ2) is 6.58. The number of hydrogen-bond acceptors (Lipinski definition) is 2. The molecule has 0 fully saturated rings. The van der Waals surface area contributed by atoms with Crippen molar-refractivity contribution in [1.29, 1.82) is 0 Å². The van der Waals surface area contributed by atoms with E-state index in [2.05, 4.69) is 11.9 Å². The van der Waals surface area contributed by atoms with E-state index < -0.39 is 0 Å². The molecule has 0 unspecified atom stereocenters. The van der Waals surface area contributed by atoms with Crippen LogP contribution in [0.3, 0.4) is 0 Å². The maximum absolute atomic E-state index is 12.5. The standard InChI is InChI=1S/C19H19N3O2/c1-4-21-13-22(17-8-6-5-7-16(17)21)12-19(23)20-15-11-14(2)9-10-18(15)24-3/h4-11,13H,1,12H2,2-3H3/p+1. The van der Waals surface area contributed by atoms with E-state index in [0.717, 1.165) is 16.6 Å². The van der Waals surface area contributed by atoms with Gasteiger partial charge in [0.2, 0.25) is 6.33 Å². The van der Waals surface area contributed by atoms with Gasteiger partial charge in [0.25, 0.3) is 5.91 Å². The zero-order valence-corrected chi connectivity index (χ0v) is 13.8. The minimum absolute atomic E-state index is 0.115. The second-order valence-corrected chi connectivity index (χ2v) is 5.57. The molecule has 1 N–H and O–H groups in total. The molecule has 0 saturated carbocycles. The van der Waals surface area contributed by atoms with Gasteiger partial charge in [0.05, 0.1) is 19.0 Å². The lowest BCUT2D eigenvalue weighted by molar-refractivity contribution is -0.658. The van der Waals surface area contributed by atoms with E-state index in [1.54, 1.807) is 13.3 Å². The number of nitrogens with one attached hydrogen (secondary N) is 1. The number of hydrogen-bond donors (Lipinski definition) is 1. The Labute approximate surface area is 140 Å². The molecule has 0 aliphatic carbocycles. The number of fused-ring (bicyclic) bond motifs is 1.